The van der Waals surface area contributed by atoms with E-state index in [1.807, 2.05) is 30.3 Å². The lowest BCUT2D eigenvalue weighted by Crippen LogP contribution is -2.02. The predicted octanol–water partition coefficient (Wildman–Crippen LogP) is 11.2. The molecule has 0 atom stereocenters. The van der Waals surface area contributed by atoms with Gasteiger partial charge in [0, 0.05) is 43.9 Å². The number of fused-ring (bicyclic) bond motifs is 6. The van der Waals surface area contributed by atoms with Crippen molar-refractivity contribution in [3.8, 4) is 69.6 Å². The molecule has 0 N–H and O–H groups in total. The Bertz CT molecular complexity index is 3360. The van der Waals surface area contributed by atoms with E-state index in [-0.39, 0.29) is 0 Å². The molecule has 10 aromatic rings. The van der Waals surface area contributed by atoms with Crippen molar-refractivity contribution < 1.29 is 0 Å². The molecular formula is C50H26N8. The van der Waals surface area contributed by atoms with Gasteiger partial charge >= 0.3 is 0 Å². The standard InChI is InChI=1S/C50H26N8/c51-27-31-13-17-33(18-14-31)43-26-44(56-50(55-43)34-19-15-32(28-52)16-20-34)41-23-36(30-54)49(24-35(41)29-53)58-47-12-6-3-9-40(47)42-25-37(21-22-48(42)58)57-45-10-4-1-7-38(45)39-8-2-5-11-46(39)57/h1-26H. The highest BCUT2D eigenvalue weighted by Gasteiger charge is 2.21. The Hall–Kier alpha value is -8.82. The first-order valence-corrected chi connectivity index (χ1v) is 18.5. The number of rotatable bonds is 5. The molecule has 0 aliphatic heterocycles. The Labute approximate surface area is 332 Å². The van der Waals surface area contributed by atoms with E-state index in [0.29, 0.717) is 56.3 Å². The Morgan fingerprint density at radius 1 is 0.397 bits per heavy atom. The monoisotopic (exact) mass is 738 g/mol. The van der Waals surface area contributed by atoms with Gasteiger partial charge in [0.05, 0.1) is 79.6 Å². The third kappa shape index (κ3) is 5.35. The summed E-state index contributed by atoms with van der Waals surface area (Å²) in [4.78, 5) is 9.79. The smallest absolute Gasteiger partial charge is 0.160 e. The van der Waals surface area contributed by atoms with Gasteiger partial charge in [-0.25, -0.2) is 9.97 Å². The van der Waals surface area contributed by atoms with E-state index in [1.165, 1.54) is 10.8 Å². The number of aromatic nitrogens is 4. The van der Waals surface area contributed by atoms with Gasteiger partial charge in [0.15, 0.2) is 5.82 Å². The molecule has 8 nitrogen and oxygen atoms in total. The molecule has 0 saturated heterocycles. The maximum atomic E-state index is 10.8. The SMILES string of the molecule is N#Cc1ccc(-c2cc(-c3cc(C#N)c(-n4c5ccccc5c5cc(-n6c7ccccc7c7ccccc76)ccc54)cc3C#N)nc(-c3ccc(C#N)cc3)n2)cc1. The third-order valence-corrected chi connectivity index (χ3v) is 10.7. The lowest BCUT2D eigenvalue weighted by Gasteiger charge is -2.15. The summed E-state index contributed by atoms with van der Waals surface area (Å²) in [7, 11) is 0. The molecule has 0 aliphatic carbocycles. The van der Waals surface area contributed by atoms with Crippen molar-refractivity contribution in [2.75, 3.05) is 0 Å². The molecular weight excluding hydrogens is 713 g/mol. The van der Waals surface area contributed by atoms with Gasteiger partial charge in [-0.05, 0) is 91.0 Å². The fourth-order valence-electron chi connectivity index (χ4n) is 8.00. The zero-order valence-electron chi connectivity index (χ0n) is 30.6. The topological polar surface area (TPSA) is 131 Å². The molecule has 0 bridgehead atoms. The van der Waals surface area contributed by atoms with Crippen LogP contribution in [0.2, 0.25) is 0 Å². The molecule has 3 aromatic heterocycles. The van der Waals surface area contributed by atoms with Crippen molar-refractivity contribution in [3.05, 3.63) is 180 Å². The maximum Gasteiger partial charge on any atom is 0.160 e. The third-order valence-electron chi connectivity index (χ3n) is 10.7. The Balaban J connectivity index is 1.17. The van der Waals surface area contributed by atoms with E-state index in [9.17, 15) is 21.0 Å². The highest BCUT2D eigenvalue weighted by atomic mass is 15.0. The van der Waals surface area contributed by atoms with Crippen LogP contribution in [-0.2, 0) is 0 Å². The van der Waals surface area contributed by atoms with E-state index in [1.54, 1.807) is 54.6 Å². The van der Waals surface area contributed by atoms with Gasteiger partial charge in [-0.15, -0.1) is 0 Å². The van der Waals surface area contributed by atoms with Crippen LogP contribution >= 0.6 is 0 Å². The van der Waals surface area contributed by atoms with E-state index in [0.717, 1.165) is 44.1 Å². The van der Waals surface area contributed by atoms with Crippen LogP contribution in [0.15, 0.2) is 158 Å². The fourth-order valence-corrected chi connectivity index (χ4v) is 8.00. The highest BCUT2D eigenvalue weighted by Crippen LogP contribution is 2.39. The van der Waals surface area contributed by atoms with Gasteiger partial charge in [0.1, 0.15) is 6.07 Å². The average molecular weight is 739 g/mol. The van der Waals surface area contributed by atoms with Gasteiger partial charge in [0.2, 0.25) is 0 Å². The van der Waals surface area contributed by atoms with Crippen molar-refractivity contribution in [1.29, 1.82) is 21.0 Å². The number of nitrogens with zero attached hydrogens (tertiary/aromatic N) is 8. The first kappa shape index (κ1) is 33.7. The summed E-state index contributed by atoms with van der Waals surface area (Å²) in [5.41, 5.74) is 10.2. The highest BCUT2D eigenvalue weighted by molar-refractivity contribution is 6.12. The van der Waals surface area contributed by atoms with Gasteiger partial charge in [-0.3, -0.25) is 0 Å². The second-order valence-electron chi connectivity index (χ2n) is 13.9. The van der Waals surface area contributed by atoms with Crippen LogP contribution < -0.4 is 0 Å². The molecule has 0 aliphatic rings. The number of benzene rings is 7. The van der Waals surface area contributed by atoms with Gasteiger partial charge in [-0.2, -0.15) is 21.0 Å². The molecule has 0 unspecified atom stereocenters. The lowest BCUT2D eigenvalue weighted by molar-refractivity contribution is 1.15. The molecule has 0 fully saturated rings. The van der Waals surface area contributed by atoms with Crippen molar-refractivity contribution in [2.45, 2.75) is 0 Å². The Morgan fingerprint density at radius 3 is 1.50 bits per heavy atom. The Morgan fingerprint density at radius 2 is 0.914 bits per heavy atom. The molecule has 10 rings (SSSR count). The summed E-state index contributed by atoms with van der Waals surface area (Å²) >= 11 is 0. The molecule has 0 saturated carbocycles. The molecule has 8 heteroatoms. The number of hydrogen-bond donors (Lipinski definition) is 0. The van der Waals surface area contributed by atoms with Crippen LogP contribution in [0.3, 0.4) is 0 Å². The molecule has 58 heavy (non-hydrogen) atoms. The normalized spacial score (nSPS) is 11.0. The molecule has 3 heterocycles. The van der Waals surface area contributed by atoms with Crippen LogP contribution in [0.5, 0.6) is 0 Å². The van der Waals surface area contributed by atoms with Gasteiger partial charge < -0.3 is 9.13 Å². The van der Waals surface area contributed by atoms with Crippen molar-refractivity contribution in [1.82, 2.24) is 19.1 Å². The number of hydrogen-bond acceptors (Lipinski definition) is 6. The number of para-hydroxylation sites is 3. The summed E-state index contributed by atoms with van der Waals surface area (Å²) in [6.07, 6.45) is 0. The fraction of sp³-hybridized carbons (Fsp3) is 0. The molecule has 0 amide bonds. The minimum Gasteiger partial charge on any atom is -0.309 e. The van der Waals surface area contributed by atoms with Crippen LogP contribution in [0.25, 0.3) is 88.9 Å². The van der Waals surface area contributed by atoms with E-state index < -0.39 is 0 Å². The average Bonchev–Trinajstić information content (AvgIpc) is 3.81. The predicted molar refractivity (Wildman–Crippen MR) is 226 cm³/mol. The quantitative estimate of drug-likeness (QED) is 0.173. The van der Waals surface area contributed by atoms with E-state index >= 15 is 0 Å². The molecule has 266 valence electrons. The first-order valence-electron chi connectivity index (χ1n) is 18.5. The largest absolute Gasteiger partial charge is 0.309 e. The Kier molecular flexibility index (Phi) is 7.84. The summed E-state index contributed by atoms with van der Waals surface area (Å²) in [6.45, 7) is 0. The minimum absolute atomic E-state index is 0.331. The first-order chi connectivity index (χ1) is 28.6. The van der Waals surface area contributed by atoms with Crippen LogP contribution in [0.1, 0.15) is 22.3 Å². The molecule has 7 aromatic carbocycles. The summed E-state index contributed by atoms with van der Waals surface area (Å²) in [5.74, 6) is 0.384. The van der Waals surface area contributed by atoms with Crippen LogP contribution in [-0.4, -0.2) is 19.1 Å². The van der Waals surface area contributed by atoms with Crippen molar-refractivity contribution in [3.63, 3.8) is 0 Å². The second-order valence-corrected chi connectivity index (χ2v) is 13.9. The second kappa shape index (κ2) is 13.5. The van der Waals surface area contributed by atoms with Gasteiger partial charge in [-0.1, -0.05) is 66.7 Å². The summed E-state index contributed by atoms with van der Waals surface area (Å²) < 4.78 is 4.35. The summed E-state index contributed by atoms with van der Waals surface area (Å²) in [5, 5.41) is 44.7. The van der Waals surface area contributed by atoms with E-state index in [2.05, 4.69) is 106 Å². The van der Waals surface area contributed by atoms with Crippen LogP contribution in [0.4, 0.5) is 0 Å². The van der Waals surface area contributed by atoms with Crippen molar-refractivity contribution >= 4 is 43.6 Å². The maximum absolute atomic E-state index is 10.8. The van der Waals surface area contributed by atoms with Gasteiger partial charge in [0.25, 0.3) is 0 Å². The van der Waals surface area contributed by atoms with E-state index in [4.69, 9.17) is 9.97 Å². The molecule has 0 radical (unpaired) electrons. The zero-order chi connectivity index (χ0) is 39.3. The zero-order valence-corrected chi connectivity index (χ0v) is 30.6. The van der Waals surface area contributed by atoms with Crippen LogP contribution in [0, 0.1) is 45.3 Å². The minimum atomic E-state index is 0.331. The number of nitriles is 4. The summed E-state index contributed by atoms with van der Waals surface area (Å²) in [6, 6.07) is 59.8. The lowest BCUT2D eigenvalue weighted by atomic mass is 9.98. The van der Waals surface area contributed by atoms with Crippen molar-refractivity contribution in [2.24, 2.45) is 0 Å². The molecule has 0 spiro atoms.